The fraction of sp³-hybridized carbons (Fsp3) is 0.312. The maximum absolute atomic E-state index is 13.0. The minimum atomic E-state index is -4.47. The Morgan fingerprint density at radius 2 is 2.15 bits per heavy atom. The summed E-state index contributed by atoms with van der Waals surface area (Å²) in [5, 5.41) is 3.82. The number of aromatic nitrogens is 2. The lowest BCUT2D eigenvalue weighted by Gasteiger charge is -2.37. The number of benzene rings is 1. The minimum Gasteiger partial charge on any atom is -0.463 e. The van der Waals surface area contributed by atoms with E-state index >= 15 is 0 Å². The number of carbonyl (C=O) groups excluding carboxylic acids is 1. The van der Waals surface area contributed by atoms with Crippen LogP contribution < -0.4 is 4.74 Å². The fourth-order valence-corrected chi connectivity index (χ4v) is 3.57. The van der Waals surface area contributed by atoms with Crippen molar-refractivity contribution < 1.29 is 27.2 Å². The highest BCUT2D eigenvalue weighted by Crippen LogP contribution is 2.38. The van der Waals surface area contributed by atoms with Gasteiger partial charge in [0, 0.05) is 6.07 Å². The minimum absolute atomic E-state index is 0.120. The van der Waals surface area contributed by atoms with Gasteiger partial charge in [0.15, 0.2) is 5.69 Å². The van der Waals surface area contributed by atoms with Crippen molar-refractivity contribution in [1.29, 1.82) is 0 Å². The van der Waals surface area contributed by atoms with Gasteiger partial charge < -0.3 is 14.2 Å². The van der Waals surface area contributed by atoms with Gasteiger partial charge in [-0.1, -0.05) is 22.6 Å². The summed E-state index contributed by atoms with van der Waals surface area (Å²) < 4.78 is 50.0. The standard InChI is InChI=1S/C16H12F3N3O3S/c1-8-5-11(21-25-8)14(23)22-6-9(7-22)24-15-20-13-10(16(17,18)19)3-2-4-12(13)26-15/h2-5,9H,6-7H2,1H3. The first-order valence-corrected chi connectivity index (χ1v) is 8.49. The number of likely N-dealkylation sites (tertiary alicyclic amines) is 1. The van der Waals surface area contributed by atoms with Crippen molar-refractivity contribution in [2.45, 2.75) is 19.2 Å². The van der Waals surface area contributed by atoms with Crippen LogP contribution in [0, 0.1) is 6.92 Å². The van der Waals surface area contributed by atoms with E-state index in [9.17, 15) is 18.0 Å². The molecule has 0 bridgehead atoms. The second kappa shape index (κ2) is 5.97. The highest BCUT2D eigenvalue weighted by molar-refractivity contribution is 7.20. The molecular weight excluding hydrogens is 371 g/mol. The molecule has 0 aliphatic carbocycles. The quantitative estimate of drug-likeness (QED) is 0.692. The number of alkyl halides is 3. The van der Waals surface area contributed by atoms with Gasteiger partial charge in [0.05, 0.1) is 28.9 Å². The topological polar surface area (TPSA) is 68.5 Å². The average molecular weight is 383 g/mol. The van der Waals surface area contributed by atoms with Gasteiger partial charge >= 0.3 is 6.18 Å². The molecule has 1 aromatic carbocycles. The third kappa shape index (κ3) is 3.00. The zero-order valence-electron chi connectivity index (χ0n) is 13.4. The van der Waals surface area contributed by atoms with Crippen LogP contribution in [-0.4, -0.2) is 40.1 Å². The predicted molar refractivity (Wildman–Crippen MR) is 86.2 cm³/mol. The first-order chi connectivity index (χ1) is 12.3. The van der Waals surface area contributed by atoms with E-state index < -0.39 is 11.7 Å². The molecule has 1 amide bonds. The van der Waals surface area contributed by atoms with Crippen molar-refractivity contribution >= 4 is 27.5 Å². The lowest BCUT2D eigenvalue weighted by Crippen LogP contribution is -2.56. The molecule has 3 heterocycles. The number of nitrogens with zero attached hydrogens (tertiary/aromatic N) is 3. The summed E-state index contributed by atoms with van der Waals surface area (Å²) in [4.78, 5) is 17.6. The average Bonchev–Trinajstić information content (AvgIpc) is 3.14. The first-order valence-electron chi connectivity index (χ1n) is 7.67. The third-order valence-electron chi connectivity index (χ3n) is 3.95. The third-order valence-corrected chi connectivity index (χ3v) is 4.87. The van der Waals surface area contributed by atoms with Crippen molar-refractivity contribution in [3.8, 4) is 5.19 Å². The number of ether oxygens (including phenoxy) is 1. The van der Waals surface area contributed by atoms with E-state index in [2.05, 4.69) is 10.1 Å². The molecule has 3 aromatic rings. The van der Waals surface area contributed by atoms with Gasteiger partial charge in [-0.25, -0.2) is 4.98 Å². The van der Waals surface area contributed by atoms with Gasteiger partial charge in [-0.2, -0.15) is 13.2 Å². The SMILES string of the molecule is Cc1cc(C(=O)N2CC(Oc3nc4c(C(F)(F)F)cccc4s3)C2)no1. The Kier molecular flexibility index (Phi) is 3.87. The molecule has 2 aromatic heterocycles. The van der Waals surface area contributed by atoms with E-state index in [1.807, 2.05) is 0 Å². The molecule has 0 radical (unpaired) electrons. The number of carbonyl (C=O) groups is 1. The van der Waals surface area contributed by atoms with Gasteiger partial charge in [0.2, 0.25) is 0 Å². The van der Waals surface area contributed by atoms with Gasteiger partial charge in [0.1, 0.15) is 11.9 Å². The number of hydrogen-bond acceptors (Lipinski definition) is 6. The van der Waals surface area contributed by atoms with E-state index in [-0.39, 0.29) is 28.4 Å². The second-order valence-corrected chi connectivity index (χ2v) is 6.90. The summed E-state index contributed by atoms with van der Waals surface area (Å²) in [6.07, 6.45) is -4.79. The lowest BCUT2D eigenvalue weighted by atomic mass is 10.1. The Labute approximate surface area is 149 Å². The van der Waals surface area contributed by atoms with Crippen molar-refractivity contribution in [3.63, 3.8) is 0 Å². The normalized spacial score (nSPS) is 15.3. The largest absolute Gasteiger partial charge is 0.463 e. The molecule has 0 saturated carbocycles. The van der Waals surface area contributed by atoms with E-state index in [4.69, 9.17) is 9.26 Å². The number of halogens is 3. The number of aryl methyl sites for hydroxylation is 1. The summed E-state index contributed by atoms with van der Waals surface area (Å²) in [5.74, 6) is 0.266. The Balaban J connectivity index is 1.44. The molecule has 1 aliphatic rings. The number of hydrogen-bond donors (Lipinski definition) is 0. The molecule has 1 fully saturated rings. The maximum Gasteiger partial charge on any atom is 0.418 e. The van der Waals surface area contributed by atoms with Crippen molar-refractivity contribution in [1.82, 2.24) is 15.0 Å². The Morgan fingerprint density at radius 3 is 2.81 bits per heavy atom. The van der Waals surface area contributed by atoms with E-state index in [0.717, 1.165) is 17.4 Å². The molecule has 4 rings (SSSR count). The molecule has 6 nitrogen and oxygen atoms in total. The van der Waals surface area contributed by atoms with Crippen molar-refractivity contribution in [2.24, 2.45) is 0 Å². The number of rotatable bonds is 3. The van der Waals surface area contributed by atoms with Crippen molar-refractivity contribution in [2.75, 3.05) is 13.1 Å². The molecule has 136 valence electrons. The summed E-state index contributed by atoms with van der Waals surface area (Å²) in [6, 6.07) is 5.45. The molecule has 0 atom stereocenters. The van der Waals surface area contributed by atoms with Crippen LogP contribution in [-0.2, 0) is 6.18 Å². The number of para-hydroxylation sites is 1. The first kappa shape index (κ1) is 16.8. The molecule has 1 saturated heterocycles. The zero-order valence-corrected chi connectivity index (χ0v) is 14.2. The van der Waals surface area contributed by atoms with Gasteiger partial charge in [-0.15, -0.1) is 0 Å². The summed E-state index contributed by atoms with van der Waals surface area (Å²) in [5.41, 5.74) is -0.686. The smallest absolute Gasteiger partial charge is 0.418 e. The molecule has 0 unspecified atom stereocenters. The number of fused-ring (bicyclic) bond motifs is 1. The summed E-state index contributed by atoms with van der Waals surface area (Å²) >= 11 is 1.05. The van der Waals surface area contributed by atoms with Gasteiger partial charge in [0.25, 0.3) is 11.1 Å². The van der Waals surface area contributed by atoms with E-state index in [1.54, 1.807) is 19.1 Å². The van der Waals surface area contributed by atoms with Gasteiger partial charge in [-0.3, -0.25) is 4.79 Å². The molecule has 0 N–H and O–H groups in total. The van der Waals surface area contributed by atoms with Crippen LogP contribution in [0.5, 0.6) is 5.19 Å². The van der Waals surface area contributed by atoms with Crippen LogP contribution >= 0.6 is 11.3 Å². The molecule has 0 spiro atoms. The summed E-state index contributed by atoms with van der Waals surface area (Å²) in [7, 11) is 0. The fourth-order valence-electron chi connectivity index (χ4n) is 2.66. The zero-order chi connectivity index (χ0) is 18.5. The number of thiazole rings is 1. The van der Waals surface area contributed by atoms with Crippen LogP contribution in [0.25, 0.3) is 10.2 Å². The second-order valence-electron chi connectivity index (χ2n) is 5.90. The van der Waals surface area contributed by atoms with Crippen LogP contribution in [0.2, 0.25) is 0 Å². The Hall–Kier alpha value is -2.62. The molecular formula is C16H12F3N3O3S. The van der Waals surface area contributed by atoms with E-state index in [1.165, 1.54) is 11.0 Å². The van der Waals surface area contributed by atoms with E-state index in [0.29, 0.717) is 23.5 Å². The molecule has 1 aliphatic heterocycles. The van der Waals surface area contributed by atoms with Crippen LogP contribution in [0.3, 0.4) is 0 Å². The van der Waals surface area contributed by atoms with Crippen LogP contribution in [0.15, 0.2) is 28.8 Å². The predicted octanol–water partition coefficient (Wildman–Crippen LogP) is 3.51. The summed E-state index contributed by atoms with van der Waals surface area (Å²) in [6.45, 7) is 2.31. The lowest BCUT2D eigenvalue weighted by molar-refractivity contribution is -0.136. The Morgan fingerprint density at radius 1 is 1.38 bits per heavy atom. The van der Waals surface area contributed by atoms with Gasteiger partial charge in [-0.05, 0) is 19.1 Å². The maximum atomic E-state index is 13.0. The van der Waals surface area contributed by atoms with Crippen LogP contribution in [0.4, 0.5) is 13.2 Å². The van der Waals surface area contributed by atoms with Crippen molar-refractivity contribution in [3.05, 3.63) is 41.3 Å². The molecule has 10 heteroatoms. The highest BCUT2D eigenvalue weighted by Gasteiger charge is 2.36. The monoisotopic (exact) mass is 383 g/mol. The number of amides is 1. The molecule has 26 heavy (non-hydrogen) atoms. The highest BCUT2D eigenvalue weighted by atomic mass is 32.1. The van der Waals surface area contributed by atoms with Crippen LogP contribution in [0.1, 0.15) is 21.8 Å². The Bertz CT molecular complexity index is 976.